The van der Waals surface area contributed by atoms with Crippen molar-refractivity contribution in [2.24, 2.45) is 0 Å². The van der Waals surface area contributed by atoms with Gasteiger partial charge in [0.25, 0.3) is 5.91 Å². The van der Waals surface area contributed by atoms with Gasteiger partial charge in [-0.25, -0.2) is 4.79 Å². The van der Waals surface area contributed by atoms with Gasteiger partial charge in [-0.2, -0.15) is 0 Å². The van der Waals surface area contributed by atoms with E-state index in [0.717, 1.165) is 20.5 Å². The Morgan fingerprint density at radius 2 is 1.87 bits per heavy atom. The maximum Gasteiger partial charge on any atom is 0.325 e. The van der Waals surface area contributed by atoms with Crippen molar-refractivity contribution >= 4 is 51.6 Å². The van der Waals surface area contributed by atoms with Gasteiger partial charge in [0, 0.05) is 11.9 Å². The van der Waals surface area contributed by atoms with Gasteiger partial charge in [-0.15, -0.1) is 11.3 Å². The number of halogens is 1. The zero-order chi connectivity index (χ0) is 21.5. The highest BCUT2D eigenvalue weighted by Gasteiger charge is 2.50. The number of likely N-dealkylation sites (N-methyl/N-ethyl adjacent to an activating group) is 1. The molecule has 1 saturated heterocycles. The van der Waals surface area contributed by atoms with Crippen LogP contribution in [0, 0.1) is 0 Å². The SMILES string of the molecule is CN(Cc1ccc(Cl)s1)C(=O)CN1C(=O)NC(C)(c2cccc3ccccc23)C1=O. The summed E-state index contributed by atoms with van der Waals surface area (Å²) in [6, 6.07) is 16.4. The molecule has 2 heterocycles. The van der Waals surface area contributed by atoms with Crippen molar-refractivity contribution in [3.8, 4) is 0 Å². The number of rotatable bonds is 5. The second-order valence-electron chi connectivity index (χ2n) is 7.43. The van der Waals surface area contributed by atoms with Crippen molar-refractivity contribution in [3.05, 3.63) is 69.4 Å². The van der Waals surface area contributed by atoms with Gasteiger partial charge in [-0.05, 0) is 35.4 Å². The lowest BCUT2D eigenvalue weighted by atomic mass is 9.88. The number of hydrogen-bond acceptors (Lipinski definition) is 4. The molecule has 1 aromatic heterocycles. The Morgan fingerprint density at radius 3 is 2.60 bits per heavy atom. The van der Waals surface area contributed by atoms with Gasteiger partial charge in [0.2, 0.25) is 5.91 Å². The first-order valence-electron chi connectivity index (χ1n) is 9.40. The monoisotopic (exact) mass is 441 g/mol. The maximum absolute atomic E-state index is 13.3. The van der Waals surface area contributed by atoms with E-state index in [2.05, 4.69) is 5.32 Å². The van der Waals surface area contributed by atoms with Crippen LogP contribution < -0.4 is 5.32 Å². The molecule has 0 spiro atoms. The molecule has 1 unspecified atom stereocenters. The van der Waals surface area contributed by atoms with Crippen LogP contribution in [-0.2, 0) is 21.7 Å². The Labute approximate surface area is 183 Å². The van der Waals surface area contributed by atoms with E-state index >= 15 is 0 Å². The van der Waals surface area contributed by atoms with Crippen molar-refractivity contribution < 1.29 is 14.4 Å². The summed E-state index contributed by atoms with van der Waals surface area (Å²) in [7, 11) is 1.64. The van der Waals surface area contributed by atoms with Crippen LogP contribution >= 0.6 is 22.9 Å². The molecule has 6 nitrogen and oxygen atoms in total. The fourth-order valence-electron chi connectivity index (χ4n) is 3.70. The first kappa shape index (κ1) is 20.4. The summed E-state index contributed by atoms with van der Waals surface area (Å²) < 4.78 is 0.644. The highest BCUT2D eigenvalue weighted by molar-refractivity contribution is 7.16. The maximum atomic E-state index is 13.3. The number of benzene rings is 2. The van der Waals surface area contributed by atoms with E-state index in [1.165, 1.54) is 16.2 Å². The summed E-state index contributed by atoms with van der Waals surface area (Å²) in [6.45, 7) is 1.72. The number of urea groups is 1. The van der Waals surface area contributed by atoms with Crippen LogP contribution in [0.3, 0.4) is 0 Å². The Hall–Kier alpha value is -2.90. The van der Waals surface area contributed by atoms with Crippen LogP contribution in [0.15, 0.2) is 54.6 Å². The van der Waals surface area contributed by atoms with E-state index < -0.39 is 17.5 Å². The van der Waals surface area contributed by atoms with Crippen LogP contribution in [0.25, 0.3) is 10.8 Å². The molecule has 0 radical (unpaired) electrons. The molecule has 1 atom stereocenters. The van der Waals surface area contributed by atoms with Crippen LogP contribution in [0.4, 0.5) is 4.79 Å². The lowest BCUT2D eigenvalue weighted by Gasteiger charge is -2.24. The zero-order valence-corrected chi connectivity index (χ0v) is 18.1. The second kappa shape index (κ2) is 7.74. The topological polar surface area (TPSA) is 69.7 Å². The molecule has 4 rings (SSSR count). The first-order chi connectivity index (χ1) is 14.3. The Kier molecular flexibility index (Phi) is 5.26. The summed E-state index contributed by atoms with van der Waals surface area (Å²) in [5.74, 6) is -0.769. The van der Waals surface area contributed by atoms with Gasteiger partial charge in [0.15, 0.2) is 0 Å². The predicted octanol–water partition coefficient (Wildman–Crippen LogP) is 3.98. The molecule has 0 saturated carbocycles. The highest BCUT2D eigenvalue weighted by atomic mass is 35.5. The van der Waals surface area contributed by atoms with E-state index in [-0.39, 0.29) is 12.5 Å². The summed E-state index contributed by atoms with van der Waals surface area (Å²) >= 11 is 7.33. The number of carbonyl (C=O) groups excluding carboxylic acids is 3. The molecule has 2 aromatic carbocycles. The van der Waals surface area contributed by atoms with Gasteiger partial charge in [-0.1, -0.05) is 54.1 Å². The molecule has 1 aliphatic heterocycles. The molecule has 154 valence electrons. The molecular weight excluding hydrogens is 422 g/mol. The minimum atomic E-state index is -1.24. The fraction of sp³-hybridized carbons (Fsp3) is 0.227. The summed E-state index contributed by atoms with van der Waals surface area (Å²) in [4.78, 5) is 42.0. The lowest BCUT2D eigenvalue weighted by Crippen LogP contribution is -2.43. The summed E-state index contributed by atoms with van der Waals surface area (Å²) in [5.41, 5.74) is -0.534. The van der Waals surface area contributed by atoms with E-state index in [4.69, 9.17) is 11.6 Å². The second-order valence-corrected chi connectivity index (χ2v) is 9.23. The quantitative estimate of drug-likeness (QED) is 0.609. The Balaban J connectivity index is 1.55. The van der Waals surface area contributed by atoms with Crippen molar-refractivity contribution in [3.63, 3.8) is 0 Å². The van der Waals surface area contributed by atoms with Crippen LogP contribution in [-0.4, -0.2) is 41.2 Å². The van der Waals surface area contributed by atoms with E-state index in [1.807, 2.05) is 48.5 Å². The number of imide groups is 1. The molecule has 0 bridgehead atoms. The van der Waals surface area contributed by atoms with Crippen molar-refractivity contribution in [2.45, 2.75) is 19.0 Å². The molecular formula is C22H20ClN3O3S. The zero-order valence-electron chi connectivity index (χ0n) is 16.5. The van der Waals surface area contributed by atoms with Crippen molar-refractivity contribution in [1.82, 2.24) is 15.1 Å². The standard InChI is InChI=1S/C22H20ClN3O3S/c1-22(17-9-5-7-14-6-3-4-8-16(14)17)20(28)26(21(29)24-22)13-19(27)25(2)12-15-10-11-18(23)30-15/h3-11H,12-13H2,1-2H3,(H,24,29). The van der Waals surface area contributed by atoms with Crippen LogP contribution in [0.5, 0.6) is 0 Å². The number of nitrogens with one attached hydrogen (secondary N) is 1. The van der Waals surface area contributed by atoms with Gasteiger partial charge >= 0.3 is 6.03 Å². The number of nitrogens with zero attached hydrogens (tertiary/aromatic N) is 2. The average Bonchev–Trinajstić information content (AvgIpc) is 3.23. The molecule has 1 N–H and O–H groups in total. The third kappa shape index (κ3) is 3.55. The van der Waals surface area contributed by atoms with E-state index in [9.17, 15) is 14.4 Å². The van der Waals surface area contributed by atoms with Crippen LogP contribution in [0.1, 0.15) is 17.4 Å². The third-order valence-corrected chi connectivity index (χ3v) is 6.56. The summed E-state index contributed by atoms with van der Waals surface area (Å²) in [5, 5.41) is 4.65. The number of hydrogen-bond donors (Lipinski definition) is 1. The Bertz CT molecular complexity index is 1160. The van der Waals surface area contributed by atoms with Gasteiger partial charge < -0.3 is 10.2 Å². The average molecular weight is 442 g/mol. The molecule has 30 heavy (non-hydrogen) atoms. The van der Waals surface area contributed by atoms with Gasteiger partial charge in [-0.3, -0.25) is 14.5 Å². The van der Waals surface area contributed by atoms with Gasteiger partial charge in [0.1, 0.15) is 12.1 Å². The first-order valence-corrected chi connectivity index (χ1v) is 10.6. The molecule has 8 heteroatoms. The molecule has 4 amide bonds. The summed E-state index contributed by atoms with van der Waals surface area (Å²) in [6.07, 6.45) is 0. The minimum absolute atomic E-state index is 0.319. The highest BCUT2D eigenvalue weighted by Crippen LogP contribution is 2.33. The largest absolute Gasteiger partial charge is 0.339 e. The van der Waals surface area contributed by atoms with Crippen molar-refractivity contribution in [2.75, 3.05) is 13.6 Å². The lowest BCUT2D eigenvalue weighted by molar-refractivity contribution is -0.138. The minimum Gasteiger partial charge on any atom is -0.339 e. The Morgan fingerprint density at radius 1 is 1.13 bits per heavy atom. The number of thiophene rings is 1. The molecule has 1 fully saturated rings. The molecule has 3 aromatic rings. The third-order valence-electron chi connectivity index (χ3n) is 5.34. The predicted molar refractivity (Wildman–Crippen MR) is 117 cm³/mol. The van der Waals surface area contributed by atoms with E-state index in [0.29, 0.717) is 16.4 Å². The normalized spacial score (nSPS) is 18.7. The fourth-order valence-corrected chi connectivity index (χ4v) is 4.84. The van der Waals surface area contributed by atoms with E-state index in [1.54, 1.807) is 20.0 Å². The number of fused-ring (bicyclic) bond motifs is 1. The molecule has 1 aliphatic rings. The smallest absolute Gasteiger partial charge is 0.325 e. The number of carbonyl (C=O) groups is 3. The number of amides is 4. The van der Waals surface area contributed by atoms with Crippen molar-refractivity contribution in [1.29, 1.82) is 0 Å². The molecule has 0 aliphatic carbocycles. The van der Waals surface area contributed by atoms with Gasteiger partial charge in [0.05, 0.1) is 10.9 Å². The van der Waals surface area contributed by atoms with Crippen LogP contribution in [0.2, 0.25) is 4.34 Å².